The van der Waals surface area contributed by atoms with Gasteiger partial charge in [0.2, 0.25) is 5.91 Å². The second-order valence-corrected chi connectivity index (χ2v) is 5.36. The summed E-state index contributed by atoms with van der Waals surface area (Å²) in [5.74, 6) is -1.26. The third kappa shape index (κ3) is 5.52. The van der Waals surface area contributed by atoms with Gasteiger partial charge in [-0.15, -0.1) is 0 Å². The first-order valence-corrected chi connectivity index (χ1v) is 6.31. The molecule has 0 spiro atoms. The number of esters is 1. The molecular formula is C14H19N3O4. The maximum Gasteiger partial charge on any atom is 0.340 e. The Bertz CT molecular complexity index is 562. The zero-order valence-electron chi connectivity index (χ0n) is 12.2. The molecule has 7 nitrogen and oxygen atoms in total. The molecule has 0 unspecified atom stereocenters. The number of hydrogen-bond donors (Lipinski definition) is 3. The van der Waals surface area contributed by atoms with Gasteiger partial charge in [0.05, 0.1) is 17.7 Å². The summed E-state index contributed by atoms with van der Waals surface area (Å²) >= 11 is 0. The van der Waals surface area contributed by atoms with E-state index in [9.17, 15) is 9.59 Å². The lowest BCUT2D eigenvalue weighted by molar-refractivity contribution is -0.115. The Balaban J connectivity index is 2.89. The summed E-state index contributed by atoms with van der Waals surface area (Å²) in [6.07, 6.45) is -0.279. The van der Waals surface area contributed by atoms with Crippen LogP contribution in [-0.2, 0) is 9.53 Å². The van der Waals surface area contributed by atoms with Crippen LogP contribution >= 0.6 is 0 Å². The van der Waals surface area contributed by atoms with E-state index in [-0.39, 0.29) is 17.8 Å². The van der Waals surface area contributed by atoms with Crippen LogP contribution in [-0.4, -0.2) is 28.5 Å². The van der Waals surface area contributed by atoms with E-state index in [1.807, 2.05) is 0 Å². The highest BCUT2D eigenvalue weighted by Gasteiger charge is 2.20. The van der Waals surface area contributed by atoms with Gasteiger partial charge in [-0.3, -0.25) is 4.79 Å². The fraction of sp³-hybridized carbons (Fsp3) is 0.357. The zero-order chi connectivity index (χ0) is 16.0. The molecule has 7 heteroatoms. The molecule has 1 rings (SSSR count). The SMILES string of the molecule is CC(C)(C)OC(=O)c1ccccc1NC(=O)C/C(N)=N/O. The summed E-state index contributed by atoms with van der Waals surface area (Å²) in [6.45, 7) is 5.26. The topological polar surface area (TPSA) is 114 Å². The summed E-state index contributed by atoms with van der Waals surface area (Å²) in [7, 11) is 0. The Morgan fingerprint density at radius 1 is 1.33 bits per heavy atom. The van der Waals surface area contributed by atoms with Gasteiger partial charge in [-0.25, -0.2) is 4.79 Å². The molecule has 1 amide bonds. The van der Waals surface area contributed by atoms with E-state index >= 15 is 0 Å². The summed E-state index contributed by atoms with van der Waals surface area (Å²) in [5, 5.41) is 13.7. The van der Waals surface area contributed by atoms with Crippen molar-refractivity contribution in [3.05, 3.63) is 29.8 Å². The molecule has 0 aromatic heterocycles. The number of ether oxygens (including phenoxy) is 1. The molecule has 0 atom stereocenters. The predicted octanol–water partition coefficient (Wildman–Crippen LogP) is 1.72. The van der Waals surface area contributed by atoms with Gasteiger partial charge in [-0.05, 0) is 32.9 Å². The standard InChI is InChI=1S/C14H19N3O4/c1-14(2,3)21-13(19)9-6-4-5-7-10(9)16-12(18)8-11(15)17-20/h4-7,20H,8H2,1-3H3,(H2,15,17)(H,16,18). The molecule has 114 valence electrons. The highest BCUT2D eigenvalue weighted by Crippen LogP contribution is 2.19. The van der Waals surface area contributed by atoms with Crippen LogP contribution in [0.2, 0.25) is 0 Å². The lowest BCUT2D eigenvalue weighted by atomic mass is 10.1. The number of nitrogens with one attached hydrogen (secondary N) is 1. The molecule has 1 aromatic rings. The monoisotopic (exact) mass is 293 g/mol. The number of rotatable bonds is 4. The second-order valence-electron chi connectivity index (χ2n) is 5.36. The number of para-hydroxylation sites is 1. The quantitative estimate of drug-likeness (QED) is 0.257. The van der Waals surface area contributed by atoms with Crippen molar-refractivity contribution in [2.45, 2.75) is 32.8 Å². The number of hydrogen-bond acceptors (Lipinski definition) is 5. The Kier molecular flexibility index (Phi) is 5.29. The summed E-state index contributed by atoms with van der Waals surface area (Å²) in [6, 6.07) is 6.46. The fourth-order valence-corrected chi connectivity index (χ4v) is 1.50. The van der Waals surface area contributed by atoms with Crippen molar-refractivity contribution in [2.75, 3.05) is 5.32 Å². The van der Waals surface area contributed by atoms with Gasteiger partial charge < -0.3 is 21.0 Å². The number of amidine groups is 1. The van der Waals surface area contributed by atoms with E-state index in [0.717, 1.165) is 0 Å². The highest BCUT2D eigenvalue weighted by atomic mass is 16.6. The van der Waals surface area contributed by atoms with Crippen molar-refractivity contribution in [3.63, 3.8) is 0 Å². The van der Waals surface area contributed by atoms with Gasteiger partial charge in [0.1, 0.15) is 11.4 Å². The summed E-state index contributed by atoms with van der Waals surface area (Å²) in [4.78, 5) is 23.8. The number of amides is 1. The van der Waals surface area contributed by atoms with Crippen molar-refractivity contribution in [1.82, 2.24) is 0 Å². The molecule has 0 aliphatic heterocycles. The van der Waals surface area contributed by atoms with Crippen molar-refractivity contribution >= 4 is 23.4 Å². The first kappa shape index (κ1) is 16.5. The molecule has 0 bridgehead atoms. The van der Waals surface area contributed by atoms with Gasteiger partial charge in [-0.1, -0.05) is 17.3 Å². The van der Waals surface area contributed by atoms with Crippen LogP contribution in [0.4, 0.5) is 5.69 Å². The largest absolute Gasteiger partial charge is 0.456 e. The highest BCUT2D eigenvalue weighted by molar-refractivity contribution is 6.07. The van der Waals surface area contributed by atoms with Gasteiger partial charge in [0.15, 0.2) is 0 Å². The van der Waals surface area contributed by atoms with Crippen LogP contribution in [0.15, 0.2) is 29.4 Å². The van der Waals surface area contributed by atoms with Crippen molar-refractivity contribution < 1.29 is 19.5 Å². The average Bonchev–Trinajstić information content (AvgIpc) is 2.36. The molecule has 0 fully saturated rings. The number of nitrogens with zero attached hydrogens (tertiary/aromatic N) is 1. The molecular weight excluding hydrogens is 274 g/mol. The van der Waals surface area contributed by atoms with Gasteiger partial charge in [-0.2, -0.15) is 0 Å². The Morgan fingerprint density at radius 3 is 2.52 bits per heavy atom. The van der Waals surface area contributed by atoms with Crippen LogP contribution in [0.1, 0.15) is 37.6 Å². The molecule has 4 N–H and O–H groups in total. The molecule has 21 heavy (non-hydrogen) atoms. The van der Waals surface area contributed by atoms with E-state index in [1.54, 1.807) is 45.0 Å². The summed E-state index contributed by atoms with van der Waals surface area (Å²) in [5.41, 5.74) is 5.16. The van der Waals surface area contributed by atoms with Crippen LogP contribution in [0.3, 0.4) is 0 Å². The molecule has 1 aromatic carbocycles. The number of anilines is 1. The van der Waals surface area contributed by atoms with E-state index < -0.39 is 17.5 Å². The molecule has 0 heterocycles. The lowest BCUT2D eigenvalue weighted by Crippen LogP contribution is -2.26. The van der Waals surface area contributed by atoms with Gasteiger partial charge in [0, 0.05) is 0 Å². The Hall–Kier alpha value is -2.57. The van der Waals surface area contributed by atoms with Crippen LogP contribution in [0, 0.1) is 0 Å². The molecule has 0 aliphatic rings. The maximum absolute atomic E-state index is 12.1. The van der Waals surface area contributed by atoms with Gasteiger partial charge in [0.25, 0.3) is 0 Å². The number of oxime groups is 1. The van der Waals surface area contributed by atoms with Crippen molar-refractivity contribution in [2.24, 2.45) is 10.9 Å². The minimum absolute atomic E-state index is 0.220. The first-order valence-electron chi connectivity index (χ1n) is 6.31. The first-order chi connectivity index (χ1) is 9.73. The fourth-order valence-electron chi connectivity index (χ4n) is 1.50. The Morgan fingerprint density at radius 2 is 1.95 bits per heavy atom. The number of benzene rings is 1. The summed E-state index contributed by atoms with van der Waals surface area (Å²) < 4.78 is 5.27. The van der Waals surface area contributed by atoms with Crippen LogP contribution < -0.4 is 11.1 Å². The predicted molar refractivity (Wildman–Crippen MR) is 78.3 cm³/mol. The number of carbonyl (C=O) groups is 2. The molecule has 0 saturated heterocycles. The number of carbonyl (C=O) groups excluding carboxylic acids is 2. The van der Waals surface area contributed by atoms with Crippen LogP contribution in [0.25, 0.3) is 0 Å². The molecule has 0 aliphatic carbocycles. The van der Waals surface area contributed by atoms with E-state index in [0.29, 0.717) is 5.69 Å². The van der Waals surface area contributed by atoms with Gasteiger partial charge >= 0.3 is 5.97 Å². The van der Waals surface area contributed by atoms with Crippen LogP contribution in [0.5, 0.6) is 0 Å². The van der Waals surface area contributed by atoms with Crippen molar-refractivity contribution in [3.8, 4) is 0 Å². The van der Waals surface area contributed by atoms with Crippen molar-refractivity contribution in [1.29, 1.82) is 0 Å². The van der Waals surface area contributed by atoms with E-state index in [2.05, 4.69) is 10.5 Å². The molecule has 0 radical (unpaired) electrons. The molecule has 0 saturated carbocycles. The third-order valence-electron chi connectivity index (χ3n) is 2.29. The smallest absolute Gasteiger partial charge is 0.340 e. The third-order valence-corrected chi connectivity index (χ3v) is 2.29. The number of nitrogens with two attached hydrogens (primary N) is 1. The zero-order valence-corrected chi connectivity index (χ0v) is 12.2. The maximum atomic E-state index is 12.1. The minimum atomic E-state index is -0.637. The van der Waals surface area contributed by atoms with E-state index in [4.69, 9.17) is 15.7 Å². The van der Waals surface area contributed by atoms with E-state index in [1.165, 1.54) is 0 Å². The normalized spacial score (nSPS) is 11.9. The Labute approximate surface area is 122 Å². The minimum Gasteiger partial charge on any atom is -0.456 e. The second kappa shape index (κ2) is 6.74. The average molecular weight is 293 g/mol. The lowest BCUT2D eigenvalue weighted by Gasteiger charge is -2.20.